The molecule has 0 atom stereocenters. The van der Waals surface area contributed by atoms with Gasteiger partial charge in [-0.15, -0.1) is 11.3 Å². The molecule has 0 spiro atoms. The number of hydrogen-bond acceptors (Lipinski definition) is 4. The van der Waals surface area contributed by atoms with Gasteiger partial charge in [-0.2, -0.15) is 5.10 Å². The van der Waals surface area contributed by atoms with Crippen molar-refractivity contribution in [3.63, 3.8) is 0 Å². The highest BCUT2D eigenvalue weighted by Gasteiger charge is 1.99. The summed E-state index contributed by atoms with van der Waals surface area (Å²) in [6.45, 7) is 2.05. The minimum Gasteiger partial charge on any atom is -0.497 e. The van der Waals surface area contributed by atoms with E-state index in [1.54, 1.807) is 24.7 Å². The number of hydrazone groups is 1. The predicted molar refractivity (Wildman–Crippen MR) is 89.0 cm³/mol. The largest absolute Gasteiger partial charge is 0.497 e. The molecule has 0 aliphatic heterocycles. The van der Waals surface area contributed by atoms with E-state index in [1.807, 2.05) is 36.6 Å². The molecule has 2 rings (SSSR count). The molecular formula is C14H15N3OS2. The standard InChI is InChI=1S/C14H15N3OS2/c1-10-6-7-20-13(10)9-15-17-14(19)16-11-4-3-5-12(8-11)18-2/h3-9H,1-2H3,(H2,16,17,19)/b15-9+. The minimum atomic E-state index is 0.434. The Morgan fingerprint density at radius 3 is 2.95 bits per heavy atom. The molecule has 0 aliphatic rings. The van der Waals surface area contributed by atoms with Crippen molar-refractivity contribution in [3.05, 3.63) is 46.2 Å². The van der Waals surface area contributed by atoms with Crippen LogP contribution in [0.15, 0.2) is 40.8 Å². The van der Waals surface area contributed by atoms with Crippen LogP contribution in [0.4, 0.5) is 5.69 Å². The third-order valence-electron chi connectivity index (χ3n) is 2.58. The summed E-state index contributed by atoms with van der Waals surface area (Å²) in [7, 11) is 1.63. The zero-order valence-electron chi connectivity index (χ0n) is 11.2. The number of rotatable bonds is 4. The van der Waals surface area contributed by atoms with Gasteiger partial charge in [-0.05, 0) is 48.3 Å². The van der Waals surface area contributed by atoms with Gasteiger partial charge in [0.25, 0.3) is 0 Å². The van der Waals surface area contributed by atoms with Crippen molar-refractivity contribution < 1.29 is 4.74 Å². The summed E-state index contributed by atoms with van der Waals surface area (Å²) in [5.41, 5.74) is 4.84. The van der Waals surface area contributed by atoms with Gasteiger partial charge in [0.2, 0.25) is 0 Å². The van der Waals surface area contributed by atoms with Crippen molar-refractivity contribution in [2.75, 3.05) is 12.4 Å². The van der Waals surface area contributed by atoms with Crippen LogP contribution in [0.3, 0.4) is 0 Å². The molecule has 1 aromatic carbocycles. The molecule has 0 saturated heterocycles. The summed E-state index contributed by atoms with van der Waals surface area (Å²) in [5.74, 6) is 0.774. The average Bonchev–Trinajstić information content (AvgIpc) is 2.85. The molecule has 0 bridgehead atoms. The van der Waals surface area contributed by atoms with Crippen LogP contribution in [0.5, 0.6) is 5.75 Å². The van der Waals surface area contributed by atoms with Gasteiger partial charge < -0.3 is 10.1 Å². The van der Waals surface area contributed by atoms with Crippen molar-refractivity contribution in [1.29, 1.82) is 0 Å². The van der Waals surface area contributed by atoms with Crippen molar-refractivity contribution in [2.45, 2.75) is 6.92 Å². The number of methoxy groups -OCH3 is 1. The van der Waals surface area contributed by atoms with E-state index in [1.165, 1.54) is 5.56 Å². The zero-order chi connectivity index (χ0) is 14.4. The quantitative estimate of drug-likeness (QED) is 0.516. The molecule has 1 heterocycles. The van der Waals surface area contributed by atoms with Gasteiger partial charge in [-0.25, -0.2) is 0 Å². The first-order valence-electron chi connectivity index (χ1n) is 5.97. The van der Waals surface area contributed by atoms with Crippen LogP contribution in [-0.4, -0.2) is 18.4 Å². The molecule has 4 nitrogen and oxygen atoms in total. The molecule has 2 aromatic rings. The summed E-state index contributed by atoms with van der Waals surface area (Å²) >= 11 is 6.81. The Bertz CT molecular complexity index is 622. The van der Waals surface area contributed by atoms with E-state index >= 15 is 0 Å². The summed E-state index contributed by atoms with van der Waals surface area (Å²) < 4.78 is 5.15. The summed E-state index contributed by atoms with van der Waals surface area (Å²) in [6, 6.07) is 9.59. The smallest absolute Gasteiger partial charge is 0.191 e. The van der Waals surface area contributed by atoms with Crippen LogP contribution in [0, 0.1) is 6.92 Å². The molecule has 0 unspecified atom stereocenters. The normalized spacial score (nSPS) is 10.5. The number of ether oxygens (including phenoxy) is 1. The number of thiocarbonyl (C=S) groups is 1. The average molecular weight is 305 g/mol. The fourth-order valence-electron chi connectivity index (χ4n) is 1.53. The Labute approximate surface area is 127 Å². The number of aryl methyl sites for hydroxylation is 1. The lowest BCUT2D eigenvalue weighted by molar-refractivity contribution is 0.415. The van der Waals surface area contributed by atoms with Gasteiger partial charge in [0.15, 0.2) is 5.11 Å². The van der Waals surface area contributed by atoms with Gasteiger partial charge in [-0.3, -0.25) is 5.43 Å². The molecule has 0 radical (unpaired) electrons. The second kappa shape index (κ2) is 7.02. The molecule has 0 fully saturated rings. The minimum absolute atomic E-state index is 0.434. The van der Waals surface area contributed by atoms with Gasteiger partial charge >= 0.3 is 0 Å². The molecule has 20 heavy (non-hydrogen) atoms. The van der Waals surface area contributed by atoms with Crippen molar-refractivity contribution in [2.24, 2.45) is 5.10 Å². The first-order valence-corrected chi connectivity index (χ1v) is 7.26. The maximum atomic E-state index is 5.17. The van der Waals surface area contributed by atoms with Gasteiger partial charge in [0.1, 0.15) is 5.75 Å². The SMILES string of the molecule is COc1cccc(NC(=S)N/N=C/c2sccc2C)c1. The van der Waals surface area contributed by atoms with E-state index in [-0.39, 0.29) is 0 Å². The maximum Gasteiger partial charge on any atom is 0.191 e. The van der Waals surface area contributed by atoms with Crippen LogP contribution in [0.2, 0.25) is 0 Å². The van der Waals surface area contributed by atoms with Gasteiger partial charge in [-0.1, -0.05) is 6.07 Å². The highest BCUT2D eigenvalue weighted by Crippen LogP contribution is 2.16. The van der Waals surface area contributed by atoms with Crippen LogP contribution >= 0.6 is 23.6 Å². The number of nitrogens with one attached hydrogen (secondary N) is 2. The topological polar surface area (TPSA) is 45.6 Å². The monoisotopic (exact) mass is 305 g/mol. The lowest BCUT2D eigenvalue weighted by Crippen LogP contribution is -2.23. The zero-order valence-corrected chi connectivity index (χ0v) is 12.8. The number of thiophene rings is 1. The van der Waals surface area contributed by atoms with E-state index in [4.69, 9.17) is 17.0 Å². The number of nitrogens with zero attached hydrogens (tertiary/aromatic N) is 1. The third kappa shape index (κ3) is 4.04. The van der Waals surface area contributed by atoms with Crippen molar-refractivity contribution >= 4 is 40.6 Å². The van der Waals surface area contributed by atoms with Gasteiger partial charge in [0.05, 0.1) is 13.3 Å². The van der Waals surface area contributed by atoms with E-state index in [9.17, 15) is 0 Å². The number of benzene rings is 1. The Hall–Kier alpha value is -1.92. The predicted octanol–water partition coefficient (Wildman–Crippen LogP) is 3.39. The van der Waals surface area contributed by atoms with E-state index in [0.717, 1.165) is 16.3 Å². The van der Waals surface area contributed by atoms with E-state index in [2.05, 4.69) is 21.9 Å². The second-order valence-electron chi connectivity index (χ2n) is 4.02. The van der Waals surface area contributed by atoms with E-state index < -0.39 is 0 Å². The number of anilines is 1. The highest BCUT2D eigenvalue weighted by atomic mass is 32.1. The van der Waals surface area contributed by atoms with Crippen LogP contribution < -0.4 is 15.5 Å². The summed E-state index contributed by atoms with van der Waals surface area (Å²) in [6.07, 6.45) is 1.76. The molecule has 0 aliphatic carbocycles. The molecule has 2 N–H and O–H groups in total. The van der Waals surface area contributed by atoms with Crippen LogP contribution in [-0.2, 0) is 0 Å². The fraction of sp³-hybridized carbons (Fsp3) is 0.143. The summed E-state index contributed by atoms with van der Waals surface area (Å²) in [4.78, 5) is 1.11. The van der Waals surface area contributed by atoms with Crippen molar-refractivity contribution in [3.8, 4) is 5.75 Å². The third-order valence-corrected chi connectivity index (χ3v) is 3.72. The van der Waals surface area contributed by atoms with Crippen molar-refractivity contribution in [1.82, 2.24) is 5.43 Å². The lowest BCUT2D eigenvalue weighted by Gasteiger charge is -2.08. The Kier molecular flexibility index (Phi) is 5.09. The second-order valence-corrected chi connectivity index (χ2v) is 5.38. The van der Waals surface area contributed by atoms with Crippen LogP contribution in [0.25, 0.3) is 0 Å². The molecular weight excluding hydrogens is 290 g/mol. The fourth-order valence-corrected chi connectivity index (χ4v) is 2.48. The van der Waals surface area contributed by atoms with Crippen LogP contribution in [0.1, 0.15) is 10.4 Å². The van der Waals surface area contributed by atoms with E-state index in [0.29, 0.717) is 5.11 Å². The maximum absolute atomic E-state index is 5.17. The first-order chi connectivity index (χ1) is 9.69. The highest BCUT2D eigenvalue weighted by molar-refractivity contribution is 7.80. The Balaban J connectivity index is 1.89. The summed E-state index contributed by atoms with van der Waals surface area (Å²) in [5, 5.41) is 9.62. The molecule has 6 heteroatoms. The molecule has 0 saturated carbocycles. The first kappa shape index (κ1) is 14.5. The molecule has 104 valence electrons. The molecule has 1 aromatic heterocycles. The Morgan fingerprint density at radius 1 is 1.40 bits per heavy atom. The van der Waals surface area contributed by atoms with Gasteiger partial charge in [0, 0.05) is 16.6 Å². The number of hydrogen-bond donors (Lipinski definition) is 2. The molecule has 0 amide bonds. The Morgan fingerprint density at radius 2 is 2.25 bits per heavy atom. The lowest BCUT2D eigenvalue weighted by atomic mass is 10.3.